The van der Waals surface area contributed by atoms with Gasteiger partial charge in [0.05, 0.1) is 26.2 Å². The summed E-state index contributed by atoms with van der Waals surface area (Å²) in [6, 6.07) is 7.11. The van der Waals surface area contributed by atoms with Crippen LogP contribution in [0.1, 0.15) is 17.3 Å². The van der Waals surface area contributed by atoms with E-state index in [0.717, 1.165) is 0 Å². The molecule has 5 heteroatoms. The lowest BCUT2D eigenvalue weighted by Crippen LogP contribution is -2.30. The largest absolute Gasteiger partial charge is 0.497 e. The Hall–Kier alpha value is -2.22. The number of nitriles is 1. The van der Waals surface area contributed by atoms with E-state index in [-0.39, 0.29) is 11.8 Å². The summed E-state index contributed by atoms with van der Waals surface area (Å²) >= 11 is 0. The standard InChI is InChI=1S/C14H18N2O3/c1-10(8-15)9-16(2)14(17)11-5-12(18-3)7-13(6-11)19-4/h5-7,10H,9H2,1-4H3. The normalized spacial score (nSPS) is 11.3. The molecule has 5 nitrogen and oxygen atoms in total. The van der Waals surface area contributed by atoms with Gasteiger partial charge >= 0.3 is 0 Å². The molecule has 0 fully saturated rings. The summed E-state index contributed by atoms with van der Waals surface area (Å²) in [7, 11) is 4.73. The molecule has 0 saturated heterocycles. The molecule has 0 saturated carbocycles. The van der Waals surface area contributed by atoms with Gasteiger partial charge in [0.2, 0.25) is 0 Å². The number of methoxy groups -OCH3 is 2. The lowest BCUT2D eigenvalue weighted by atomic mass is 10.1. The monoisotopic (exact) mass is 262 g/mol. The van der Waals surface area contributed by atoms with E-state index in [1.807, 2.05) is 0 Å². The average molecular weight is 262 g/mol. The highest BCUT2D eigenvalue weighted by Crippen LogP contribution is 2.23. The molecule has 1 aromatic carbocycles. The molecule has 1 unspecified atom stereocenters. The number of amides is 1. The molecule has 0 heterocycles. The van der Waals surface area contributed by atoms with Crippen LogP contribution in [0, 0.1) is 17.2 Å². The van der Waals surface area contributed by atoms with Gasteiger partial charge in [-0.2, -0.15) is 5.26 Å². The maximum Gasteiger partial charge on any atom is 0.253 e. The van der Waals surface area contributed by atoms with E-state index < -0.39 is 0 Å². The molecule has 1 amide bonds. The number of carbonyl (C=O) groups excluding carboxylic acids is 1. The number of benzene rings is 1. The Morgan fingerprint density at radius 2 is 1.84 bits per heavy atom. The summed E-state index contributed by atoms with van der Waals surface area (Å²) in [5, 5.41) is 8.77. The number of hydrogen-bond acceptors (Lipinski definition) is 4. The van der Waals surface area contributed by atoms with Gasteiger partial charge in [-0.3, -0.25) is 4.79 Å². The maximum atomic E-state index is 12.2. The third kappa shape index (κ3) is 3.88. The van der Waals surface area contributed by atoms with Gasteiger partial charge in [-0.1, -0.05) is 0 Å². The number of hydrogen-bond donors (Lipinski definition) is 0. The fourth-order valence-electron chi connectivity index (χ4n) is 1.69. The second kappa shape index (κ2) is 6.64. The summed E-state index contributed by atoms with van der Waals surface area (Å²) < 4.78 is 10.3. The van der Waals surface area contributed by atoms with Crippen LogP contribution in [0.5, 0.6) is 11.5 Å². The Balaban J connectivity index is 2.95. The molecule has 102 valence electrons. The molecule has 0 aliphatic heterocycles. The van der Waals surface area contributed by atoms with Gasteiger partial charge in [-0.25, -0.2) is 0 Å². The highest BCUT2D eigenvalue weighted by atomic mass is 16.5. The SMILES string of the molecule is COc1cc(OC)cc(C(=O)N(C)CC(C)C#N)c1. The van der Waals surface area contributed by atoms with Crippen LogP contribution < -0.4 is 9.47 Å². The molecule has 0 aliphatic carbocycles. The summed E-state index contributed by atoms with van der Waals surface area (Å²) in [4.78, 5) is 13.8. The summed E-state index contributed by atoms with van der Waals surface area (Å²) in [6.45, 7) is 2.16. The van der Waals surface area contributed by atoms with Crippen LogP contribution in [0.15, 0.2) is 18.2 Å². The van der Waals surface area contributed by atoms with Crippen molar-refractivity contribution in [2.24, 2.45) is 5.92 Å². The van der Waals surface area contributed by atoms with Gasteiger partial charge in [-0.05, 0) is 19.1 Å². The van der Waals surface area contributed by atoms with Crippen LogP contribution in [0.4, 0.5) is 0 Å². The lowest BCUT2D eigenvalue weighted by molar-refractivity contribution is 0.0784. The number of nitrogens with zero attached hydrogens (tertiary/aromatic N) is 2. The third-order valence-corrected chi connectivity index (χ3v) is 2.71. The van der Waals surface area contributed by atoms with E-state index in [2.05, 4.69) is 6.07 Å². The first-order chi connectivity index (χ1) is 9.01. The highest BCUT2D eigenvalue weighted by molar-refractivity contribution is 5.95. The molecule has 1 atom stereocenters. The first kappa shape index (κ1) is 14.8. The third-order valence-electron chi connectivity index (χ3n) is 2.71. The molecule has 19 heavy (non-hydrogen) atoms. The van der Waals surface area contributed by atoms with Gasteiger partial charge in [-0.15, -0.1) is 0 Å². The number of carbonyl (C=O) groups is 1. The van der Waals surface area contributed by atoms with Crippen LogP contribution in [-0.2, 0) is 0 Å². The molecule has 1 rings (SSSR count). The fourth-order valence-corrected chi connectivity index (χ4v) is 1.69. The van der Waals surface area contributed by atoms with E-state index in [0.29, 0.717) is 23.6 Å². The van der Waals surface area contributed by atoms with E-state index in [1.165, 1.54) is 19.1 Å². The van der Waals surface area contributed by atoms with Crippen LogP contribution in [-0.4, -0.2) is 38.6 Å². The zero-order chi connectivity index (χ0) is 14.4. The second-order valence-corrected chi connectivity index (χ2v) is 4.32. The second-order valence-electron chi connectivity index (χ2n) is 4.32. The Kier molecular flexibility index (Phi) is 5.19. The molecular weight excluding hydrogens is 244 g/mol. The van der Waals surface area contributed by atoms with Crippen molar-refractivity contribution in [3.63, 3.8) is 0 Å². The Morgan fingerprint density at radius 1 is 1.32 bits per heavy atom. The van der Waals surface area contributed by atoms with Crippen LogP contribution in [0.3, 0.4) is 0 Å². The summed E-state index contributed by atoms with van der Waals surface area (Å²) in [6.07, 6.45) is 0. The molecular formula is C14H18N2O3. The van der Waals surface area contributed by atoms with Crippen LogP contribution >= 0.6 is 0 Å². The number of ether oxygens (including phenoxy) is 2. The van der Waals surface area contributed by atoms with Gasteiger partial charge < -0.3 is 14.4 Å². The zero-order valence-electron chi connectivity index (χ0n) is 11.6. The number of rotatable bonds is 5. The molecule has 1 aromatic rings. The van der Waals surface area contributed by atoms with Crippen molar-refractivity contribution in [3.8, 4) is 17.6 Å². The average Bonchev–Trinajstić information content (AvgIpc) is 2.45. The smallest absolute Gasteiger partial charge is 0.253 e. The maximum absolute atomic E-state index is 12.2. The van der Waals surface area contributed by atoms with Crippen LogP contribution in [0.2, 0.25) is 0 Å². The van der Waals surface area contributed by atoms with Crippen molar-refractivity contribution in [2.45, 2.75) is 6.92 Å². The Bertz CT molecular complexity index is 472. The van der Waals surface area contributed by atoms with Crippen molar-refractivity contribution in [1.29, 1.82) is 5.26 Å². The van der Waals surface area contributed by atoms with Gasteiger partial charge in [0.15, 0.2) is 0 Å². The first-order valence-corrected chi connectivity index (χ1v) is 5.90. The predicted molar refractivity (Wildman–Crippen MR) is 71.3 cm³/mol. The quantitative estimate of drug-likeness (QED) is 0.813. The van der Waals surface area contributed by atoms with Crippen molar-refractivity contribution in [3.05, 3.63) is 23.8 Å². The Labute approximate surface area is 113 Å². The molecule has 0 aliphatic rings. The van der Waals surface area contributed by atoms with Crippen molar-refractivity contribution in [2.75, 3.05) is 27.8 Å². The minimum atomic E-state index is -0.207. The zero-order valence-corrected chi connectivity index (χ0v) is 11.6. The van der Waals surface area contributed by atoms with Crippen molar-refractivity contribution in [1.82, 2.24) is 4.90 Å². The van der Waals surface area contributed by atoms with Gasteiger partial charge in [0, 0.05) is 25.2 Å². The van der Waals surface area contributed by atoms with E-state index in [1.54, 1.807) is 32.2 Å². The molecule has 0 radical (unpaired) electrons. The van der Waals surface area contributed by atoms with E-state index in [9.17, 15) is 4.79 Å². The van der Waals surface area contributed by atoms with E-state index in [4.69, 9.17) is 14.7 Å². The van der Waals surface area contributed by atoms with Gasteiger partial charge in [0.1, 0.15) is 11.5 Å². The summed E-state index contributed by atoms with van der Waals surface area (Å²) in [5.41, 5.74) is 0.476. The lowest BCUT2D eigenvalue weighted by Gasteiger charge is -2.19. The van der Waals surface area contributed by atoms with Gasteiger partial charge in [0.25, 0.3) is 5.91 Å². The minimum Gasteiger partial charge on any atom is -0.497 e. The van der Waals surface area contributed by atoms with Crippen LogP contribution in [0.25, 0.3) is 0 Å². The van der Waals surface area contributed by atoms with Crippen molar-refractivity contribution >= 4 is 5.91 Å². The van der Waals surface area contributed by atoms with E-state index >= 15 is 0 Å². The topological polar surface area (TPSA) is 62.6 Å². The molecule has 0 N–H and O–H groups in total. The summed E-state index contributed by atoms with van der Waals surface area (Å²) in [5.74, 6) is 0.745. The molecule has 0 aromatic heterocycles. The fraction of sp³-hybridized carbons (Fsp3) is 0.429. The first-order valence-electron chi connectivity index (χ1n) is 5.90. The molecule has 0 spiro atoms. The predicted octanol–water partition coefficient (Wildman–Crippen LogP) is 1.94. The highest BCUT2D eigenvalue weighted by Gasteiger charge is 2.16. The Morgan fingerprint density at radius 3 is 2.26 bits per heavy atom. The molecule has 0 bridgehead atoms. The minimum absolute atomic E-state index is 0.167. The van der Waals surface area contributed by atoms with Crippen molar-refractivity contribution < 1.29 is 14.3 Å².